The van der Waals surface area contributed by atoms with E-state index in [-0.39, 0.29) is 24.3 Å². The highest BCUT2D eigenvalue weighted by Crippen LogP contribution is 2.32. The minimum atomic E-state index is -4.39. The number of carbonyl (C=O) groups is 2. The summed E-state index contributed by atoms with van der Waals surface area (Å²) < 4.78 is 36.2. The molecule has 2 fully saturated rings. The van der Waals surface area contributed by atoms with Crippen molar-refractivity contribution in [2.75, 3.05) is 19.6 Å². The first-order valence-corrected chi connectivity index (χ1v) is 7.47. The van der Waals surface area contributed by atoms with Gasteiger partial charge in [-0.3, -0.25) is 14.5 Å². The second kappa shape index (κ2) is 6.77. The number of halogens is 3. The molecule has 4 nitrogen and oxygen atoms in total. The maximum atomic E-state index is 12.1. The van der Waals surface area contributed by atoms with Gasteiger partial charge in [-0.25, -0.2) is 0 Å². The van der Waals surface area contributed by atoms with Crippen LogP contribution in [-0.4, -0.2) is 48.4 Å². The minimum absolute atomic E-state index is 0.0226. The minimum Gasteiger partial charge on any atom is -0.346 e. The molecular weight excluding hydrogens is 285 g/mol. The number of Topliss-reactive ketones (excluding diaryl/α,β-unsaturated/α-hetero) is 1. The fraction of sp³-hybridized carbons (Fsp3) is 0.857. The summed E-state index contributed by atoms with van der Waals surface area (Å²) >= 11 is 0. The number of carbonyl (C=O) groups excluding carboxylic acids is 2. The van der Waals surface area contributed by atoms with E-state index in [9.17, 15) is 22.8 Å². The van der Waals surface area contributed by atoms with E-state index in [4.69, 9.17) is 0 Å². The average Bonchev–Trinajstić information content (AvgIpc) is 2.84. The molecule has 0 aromatic carbocycles. The number of nitrogens with one attached hydrogen (secondary N) is 1. The first-order chi connectivity index (χ1) is 9.87. The predicted octanol–water partition coefficient (Wildman–Crippen LogP) is 1.89. The van der Waals surface area contributed by atoms with E-state index in [0.717, 1.165) is 32.1 Å². The van der Waals surface area contributed by atoms with E-state index in [1.165, 1.54) is 0 Å². The van der Waals surface area contributed by atoms with Gasteiger partial charge in [-0.05, 0) is 32.2 Å². The summed E-state index contributed by atoms with van der Waals surface area (Å²) in [5, 5.41) is 1.89. The molecular formula is C14H21F3N2O2. The van der Waals surface area contributed by atoms with E-state index in [2.05, 4.69) is 0 Å². The maximum Gasteiger partial charge on any atom is 0.405 e. The van der Waals surface area contributed by atoms with Crippen molar-refractivity contribution < 1.29 is 22.8 Å². The topological polar surface area (TPSA) is 49.4 Å². The summed E-state index contributed by atoms with van der Waals surface area (Å²) in [4.78, 5) is 25.5. The Kier molecular flexibility index (Phi) is 5.24. The summed E-state index contributed by atoms with van der Waals surface area (Å²) in [5.41, 5.74) is 0. The van der Waals surface area contributed by atoms with Gasteiger partial charge in [-0.1, -0.05) is 6.42 Å². The molecule has 1 amide bonds. The van der Waals surface area contributed by atoms with Gasteiger partial charge < -0.3 is 5.32 Å². The summed E-state index contributed by atoms with van der Waals surface area (Å²) in [6, 6.07) is 0.0226. The highest BCUT2D eigenvalue weighted by atomic mass is 19.4. The lowest BCUT2D eigenvalue weighted by molar-refractivity contribution is -0.139. The van der Waals surface area contributed by atoms with Crippen LogP contribution >= 0.6 is 0 Å². The zero-order valence-electron chi connectivity index (χ0n) is 11.9. The molecule has 0 aromatic rings. The molecule has 0 bridgehead atoms. The van der Waals surface area contributed by atoms with Crippen molar-refractivity contribution in [3.05, 3.63) is 0 Å². The van der Waals surface area contributed by atoms with Crippen molar-refractivity contribution in [1.82, 2.24) is 10.2 Å². The van der Waals surface area contributed by atoms with Crippen LogP contribution in [0.4, 0.5) is 13.2 Å². The van der Waals surface area contributed by atoms with Gasteiger partial charge in [0.1, 0.15) is 12.3 Å². The number of nitrogens with zero attached hydrogens (tertiary/aromatic N) is 1. The third kappa shape index (κ3) is 4.69. The van der Waals surface area contributed by atoms with Crippen LogP contribution in [0.5, 0.6) is 0 Å². The predicted molar refractivity (Wildman–Crippen MR) is 70.6 cm³/mol. The van der Waals surface area contributed by atoms with E-state index < -0.39 is 18.6 Å². The first-order valence-electron chi connectivity index (χ1n) is 7.47. The molecule has 0 radical (unpaired) electrons. The van der Waals surface area contributed by atoms with Crippen LogP contribution in [-0.2, 0) is 9.59 Å². The molecule has 2 atom stereocenters. The number of alkyl halides is 3. The lowest BCUT2D eigenvalue weighted by atomic mass is 9.82. The second-order valence-electron chi connectivity index (χ2n) is 5.89. The zero-order chi connectivity index (χ0) is 15.5. The van der Waals surface area contributed by atoms with Crippen molar-refractivity contribution in [2.45, 2.75) is 50.7 Å². The fourth-order valence-corrected chi connectivity index (χ4v) is 3.36. The third-order valence-electron chi connectivity index (χ3n) is 4.31. The molecule has 2 aliphatic rings. The van der Waals surface area contributed by atoms with E-state index in [0.29, 0.717) is 13.0 Å². The molecule has 1 heterocycles. The Morgan fingerprint density at radius 3 is 2.67 bits per heavy atom. The number of ketones is 1. The smallest absolute Gasteiger partial charge is 0.346 e. The van der Waals surface area contributed by atoms with Crippen LogP contribution in [0.15, 0.2) is 0 Å². The molecule has 21 heavy (non-hydrogen) atoms. The molecule has 1 saturated carbocycles. The highest BCUT2D eigenvalue weighted by Gasteiger charge is 2.37. The van der Waals surface area contributed by atoms with E-state index in [1.54, 1.807) is 0 Å². The Morgan fingerprint density at radius 1 is 1.24 bits per heavy atom. The highest BCUT2D eigenvalue weighted by molar-refractivity contribution is 5.82. The maximum absolute atomic E-state index is 12.1. The number of hydrogen-bond donors (Lipinski definition) is 1. The van der Waals surface area contributed by atoms with Crippen LogP contribution in [0.3, 0.4) is 0 Å². The Morgan fingerprint density at radius 2 is 2.00 bits per heavy atom. The lowest BCUT2D eigenvalue weighted by Gasteiger charge is -2.32. The summed E-state index contributed by atoms with van der Waals surface area (Å²) in [6.45, 7) is -0.675. The van der Waals surface area contributed by atoms with Gasteiger partial charge in [0.25, 0.3) is 0 Å². The second-order valence-corrected chi connectivity index (χ2v) is 5.89. The molecule has 1 saturated heterocycles. The molecule has 1 aliphatic carbocycles. The van der Waals surface area contributed by atoms with Gasteiger partial charge in [0.15, 0.2) is 0 Å². The normalized spacial score (nSPS) is 27.9. The monoisotopic (exact) mass is 306 g/mol. The van der Waals surface area contributed by atoms with Crippen LogP contribution in [0.1, 0.15) is 38.5 Å². The third-order valence-corrected chi connectivity index (χ3v) is 4.31. The molecule has 0 spiro atoms. The van der Waals surface area contributed by atoms with Crippen LogP contribution in [0, 0.1) is 5.92 Å². The summed E-state index contributed by atoms with van der Waals surface area (Å²) in [7, 11) is 0. The van der Waals surface area contributed by atoms with Crippen LogP contribution in [0.25, 0.3) is 0 Å². The van der Waals surface area contributed by atoms with Crippen molar-refractivity contribution >= 4 is 11.7 Å². The molecule has 2 rings (SSSR count). The van der Waals surface area contributed by atoms with Gasteiger partial charge in [0.05, 0.1) is 6.54 Å². The number of rotatable bonds is 4. The summed E-state index contributed by atoms with van der Waals surface area (Å²) in [5.74, 6) is -0.423. The molecule has 1 N–H and O–H groups in total. The number of hydrogen-bond acceptors (Lipinski definition) is 3. The Hall–Kier alpha value is -1.11. The van der Waals surface area contributed by atoms with Crippen LogP contribution < -0.4 is 5.32 Å². The van der Waals surface area contributed by atoms with Crippen molar-refractivity contribution in [2.24, 2.45) is 5.92 Å². The van der Waals surface area contributed by atoms with E-state index >= 15 is 0 Å². The van der Waals surface area contributed by atoms with Crippen molar-refractivity contribution in [3.63, 3.8) is 0 Å². The largest absolute Gasteiger partial charge is 0.405 e. The standard InChI is InChI=1S/C14H21F3N2O2/c15-14(16,17)9-18-13(21)8-19-7-3-5-11(19)10-4-1-2-6-12(10)20/h10-11H,1-9H2,(H,18,21). The van der Waals surface area contributed by atoms with Gasteiger partial charge in [0.2, 0.25) is 5.91 Å². The quantitative estimate of drug-likeness (QED) is 0.863. The van der Waals surface area contributed by atoms with Gasteiger partial charge in [-0.2, -0.15) is 13.2 Å². The lowest BCUT2D eigenvalue weighted by Crippen LogP contribution is -2.46. The van der Waals surface area contributed by atoms with Crippen molar-refractivity contribution in [1.29, 1.82) is 0 Å². The van der Waals surface area contributed by atoms with Crippen molar-refractivity contribution in [3.8, 4) is 0 Å². The SMILES string of the molecule is O=C(CN1CCCC1C1CCCCC1=O)NCC(F)(F)F. The van der Waals surface area contributed by atoms with Gasteiger partial charge in [0, 0.05) is 18.4 Å². The molecule has 2 unspecified atom stereocenters. The van der Waals surface area contributed by atoms with Crippen LogP contribution in [0.2, 0.25) is 0 Å². The fourth-order valence-electron chi connectivity index (χ4n) is 3.36. The Balaban J connectivity index is 1.86. The van der Waals surface area contributed by atoms with Gasteiger partial charge >= 0.3 is 6.18 Å². The number of likely N-dealkylation sites (tertiary alicyclic amines) is 1. The molecule has 1 aliphatic heterocycles. The first kappa shape index (κ1) is 16.3. The molecule has 7 heteroatoms. The zero-order valence-corrected chi connectivity index (χ0v) is 11.9. The number of amides is 1. The Bertz CT molecular complexity index is 398. The average molecular weight is 306 g/mol. The summed E-state index contributed by atoms with van der Waals surface area (Å²) in [6.07, 6.45) is 0.720. The van der Waals surface area contributed by atoms with E-state index in [1.807, 2.05) is 10.2 Å². The molecule has 120 valence electrons. The Labute approximate surface area is 122 Å². The molecule has 0 aromatic heterocycles. The van der Waals surface area contributed by atoms with Gasteiger partial charge in [-0.15, -0.1) is 0 Å².